The summed E-state index contributed by atoms with van der Waals surface area (Å²) in [7, 11) is 0. The van der Waals surface area contributed by atoms with Crippen LogP contribution in [0.4, 0.5) is 0 Å². The lowest BCUT2D eigenvalue weighted by Crippen LogP contribution is -2.63. The van der Waals surface area contributed by atoms with E-state index in [1.54, 1.807) is 0 Å². The van der Waals surface area contributed by atoms with Crippen LogP contribution in [0, 0.1) is 5.92 Å². The molecule has 1 atom stereocenters. The van der Waals surface area contributed by atoms with Crippen molar-refractivity contribution in [3.05, 3.63) is 35.9 Å². The number of nitrogens with zero attached hydrogens (tertiary/aromatic N) is 4. The molecule has 0 unspecified atom stereocenters. The first-order valence-corrected chi connectivity index (χ1v) is 12.1. The van der Waals surface area contributed by atoms with Gasteiger partial charge in [-0.1, -0.05) is 57.5 Å². The van der Waals surface area contributed by atoms with Gasteiger partial charge in [-0.2, -0.15) is 0 Å². The molecule has 0 aromatic heterocycles. The summed E-state index contributed by atoms with van der Waals surface area (Å²) in [4.78, 5) is 22.1. The van der Waals surface area contributed by atoms with Crippen LogP contribution >= 0.6 is 0 Å². The highest BCUT2D eigenvalue weighted by molar-refractivity contribution is 5.82. The summed E-state index contributed by atoms with van der Waals surface area (Å²) in [6.45, 7) is 13.4. The molecule has 3 fully saturated rings. The van der Waals surface area contributed by atoms with E-state index in [2.05, 4.69) is 54.8 Å². The van der Waals surface area contributed by atoms with Crippen LogP contribution in [-0.2, 0) is 11.3 Å². The highest BCUT2D eigenvalue weighted by atomic mass is 16.3. The number of amides is 1. The molecule has 1 aliphatic carbocycles. The summed E-state index contributed by atoms with van der Waals surface area (Å²) in [5, 5.41) is 9.74. The lowest BCUT2D eigenvalue weighted by molar-refractivity contribution is -0.145. The Morgan fingerprint density at radius 2 is 1.65 bits per heavy atom. The molecule has 2 saturated heterocycles. The minimum Gasteiger partial charge on any atom is -0.381 e. The Morgan fingerprint density at radius 3 is 2.19 bits per heavy atom. The van der Waals surface area contributed by atoms with Crippen LogP contribution in [0.5, 0.6) is 0 Å². The summed E-state index contributed by atoms with van der Waals surface area (Å²) in [5.41, 5.74) is 1.33. The Kier molecular flexibility index (Phi) is 9.32. The fourth-order valence-electron chi connectivity index (χ4n) is 4.51. The summed E-state index contributed by atoms with van der Waals surface area (Å²) < 4.78 is 0. The van der Waals surface area contributed by atoms with Gasteiger partial charge in [0.25, 0.3) is 0 Å². The van der Waals surface area contributed by atoms with Crippen LogP contribution < -0.4 is 0 Å². The third-order valence-corrected chi connectivity index (χ3v) is 6.51. The van der Waals surface area contributed by atoms with Crippen LogP contribution in [-0.4, -0.2) is 95.2 Å². The van der Waals surface area contributed by atoms with Crippen LogP contribution in [0.1, 0.15) is 45.6 Å². The zero-order chi connectivity index (χ0) is 22.2. The van der Waals surface area contributed by atoms with Gasteiger partial charge in [-0.25, -0.2) is 0 Å². The fourth-order valence-corrected chi connectivity index (χ4v) is 4.51. The van der Waals surface area contributed by atoms with Crippen molar-refractivity contribution in [3.63, 3.8) is 0 Å². The van der Waals surface area contributed by atoms with E-state index in [0.29, 0.717) is 6.04 Å². The molecule has 2 heterocycles. The van der Waals surface area contributed by atoms with Gasteiger partial charge in [-0.15, -0.1) is 0 Å². The second kappa shape index (κ2) is 12.0. The average Bonchev–Trinajstić information content (AvgIpc) is 2.73. The molecule has 6 nitrogen and oxygen atoms in total. The number of hydrogen-bond acceptors (Lipinski definition) is 5. The molecule has 1 aromatic rings. The monoisotopic (exact) mass is 430 g/mol. The van der Waals surface area contributed by atoms with Crippen LogP contribution in [0.15, 0.2) is 30.3 Å². The van der Waals surface area contributed by atoms with Gasteiger partial charge in [0.05, 0.1) is 6.73 Å². The quantitative estimate of drug-likeness (QED) is 0.778. The third kappa shape index (κ3) is 7.01. The maximum Gasteiger partial charge on any atom is 0.241 e. The van der Waals surface area contributed by atoms with Crippen molar-refractivity contribution in [3.8, 4) is 0 Å². The molecule has 31 heavy (non-hydrogen) atoms. The Morgan fingerprint density at radius 1 is 1.00 bits per heavy atom. The molecule has 2 aliphatic heterocycles. The largest absolute Gasteiger partial charge is 0.381 e. The molecule has 1 saturated carbocycles. The lowest BCUT2D eigenvalue weighted by atomic mass is 9.90. The van der Waals surface area contributed by atoms with Gasteiger partial charge < -0.3 is 10.0 Å². The topological polar surface area (TPSA) is 50.3 Å². The SMILES string of the molecule is CC(C)C.O=C([C@H]1CN(C2CCC2)CCN1CO)N1CCN(Cc2ccccc2)CC1. The maximum atomic E-state index is 13.2. The van der Waals surface area contributed by atoms with Gasteiger partial charge in [-0.05, 0) is 24.3 Å². The van der Waals surface area contributed by atoms with Gasteiger partial charge in [0.2, 0.25) is 5.91 Å². The van der Waals surface area contributed by atoms with Gasteiger partial charge in [0, 0.05) is 58.4 Å². The van der Waals surface area contributed by atoms with E-state index in [-0.39, 0.29) is 18.7 Å². The number of carbonyl (C=O) groups excluding carboxylic acids is 1. The summed E-state index contributed by atoms with van der Waals surface area (Å²) in [6.07, 6.45) is 3.84. The number of benzene rings is 1. The first-order valence-electron chi connectivity index (χ1n) is 12.1. The molecule has 3 aliphatic rings. The number of carbonyl (C=O) groups is 1. The Balaban J connectivity index is 0.000000628. The van der Waals surface area contributed by atoms with E-state index in [0.717, 1.165) is 58.3 Å². The molecule has 174 valence electrons. The van der Waals surface area contributed by atoms with Gasteiger partial charge >= 0.3 is 0 Å². The van der Waals surface area contributed by atoms with Crippen molar-refractivity contribution in [2.45, 2.75) is 58.7 Å². The number of hydrogen-bond donors (Lipinski definition) is 1. The van der Waals surface area contributed by atoms with E-state index < -0.39 is 0 Å². The van der Waals surface area contributed by atoms with Crippen molar-refractivity contribution in [1.29, 1.82) is 0 Å². The molecule has 4 rings (SSSR count). The molecule has 1 amide bonds. The number of rotatable bonds is 5. The summed E-state index contributed by atoms with van der Waals surface area (Å²) in [5.74, 6) is 1.03. The smallest absolute Gasteiger partial charge is 0.241 e. The van der Waals surface area contributed by atoms with Crippen molar-refractivity contribution in [2.75, 3.05) is 52.5 Å². The summed E-state index contributed by atoms with van der Waals surface area (Å²) in [6, 6.07) is 11.0. The van der Waals surface area contributed by atoms with Crippen molar-refractivity contribution >= 4 is 5.91 Å². The number of aliphatic hydroxyl groups is 1. The highest BCUT2D eigenvalue weighted by Crippen LogP contribution is 2.27. The van der Waals surface area contributed by atoms with Crippen molar-refractivity contribution < 1.29 is 9.90 Å². The van der Waals surface area contributed by atoms with Gasteiger partial charge in [-0.3, -0.25) is 19.5 Å². The maximum absolute atomic E-state index is 13.2. The van der Waals surface area contributed by atoms with Crippen molar-refractivity contribution in [2.24, 2.45) is 5.92 Å². The standard InChI is InChI=1S/C21H32N4O2.C4H10/c26-17-25-14-13-24(19-7-4-8-19)16-20(25)21(27)23-11-9-22(10-12-23)15-18-5-2-1-3-6-18;1-4(2)3/h1-3,5-6,19-20,26H,4,7-17H2;4H,1-3H3/t20-;/m1./s1. The predicted octanol–water partition coefficient (Wildman–Crippen LogP) is 2.48. The second-order valence-corrected chi connectivity index (χ2v) is 9.87. The molecular formula is C25H42N4O2. The lowest BCUT2D eigenvalue weighted by Gasteiger charge is -2.47. The molecule has 1 N–H and O–H groups in total. The Bertz CT molecular complexity index is 654. The first kappa shape index (κ1) is 24.2. The molecule has 1 aromatic carbocycles. The molecular weight excluding hydrogens is 388 g/mol. The van der Waals surface area contributed by atoms with Gasteiger partial charge in [0.1, 0.15) is 6.04 Å². The van der Waals surface area contributed by atoms with E-state index >= 15 is 0 Å². The Labute approximate surface area is 188 Å². The molecule has 0 radical (unpaired) electrons. The third-order valence-electron chi connectivity index (χ3n) is 6.51. The zero-order valence-corrected chi connectivity index (χ0v) is 19.7. The molecule has 0 spiro atoms. The first-order chi connectivity index (χ1) is 15.0. The average molecular weight is 431 g/mol. The van der Waals surface area contributed by atoms with E-state index in [9.17, 15) is 9.90 Å². The van der Waals surface area contributed by atoms with Crippen LogP contribution in [0.25, 0.3) is 0 Å². The van der Waals surface area contributed by atoms with E-state index in [1.165, 1.54) is 24.8 Å². The minimum absolute atomic E-state index is 0.0249. The van der Waals surface area contributed by atoms with Crippen molar-refractivity contribution in [1.82, 2.24) is 19.6 Å². The normalized spacial score (nSPS) is 23.9. The van der Waals surface area contributed by atoms with Crippen LogP contribution in [0.2, 0.25) is 0 Å². The molecule has 6 heteroatoms. The fraction of sp³-hybridized carbons (Fsp3) is 0.720. The number of piperazine rings is 2. The van der Waals surface area contributed by atoms with Crippen LogP contribution in [0.3, 0.4) is 0 Å². The van der Waals surface area contributed by atoms with E-state index in [4.69, 9.17) is 0 Å². The predicted molar refractivity (Wildman–Crippen MR) is 126 cm³/mol. The van der Waals surface area contributed by atoms with E-state index in [1.807, 2.05) is 15.9 Å². The minimum atomic E-state index is -0.190. The zero-order valence-electron chi connectivity index (χ0n) is 19.7. The molecule has 0 bridgehead atoms. The van der Waals surface area contributed by atoms with Gasteiger partial charge in [0.15, 0.2) is 0 Å². The number of aliphatic hydroxyl groups excluding tert-OH is 1. The second-order valence-electron chi connectivity index (χ2n) is 9.87. The highest BCUT2D eigenvalue weighted by Gasteiger charge is 2.38. The summed E-state index contributed by atoms with van der Waals surface area (Å²) >= 11 is 0. The Hall–Kier alpha value is -1.47.